The normalized spacial score (nSPS) is 10.6. The molecule has 0 aromatic heterocycles. The molecule has 0 fully saturated rings. The molecule has 0 aliphatic carbocycles. The maximum Gasteiger partial charge on any atom is 0.311 e. The van der Waals surface area contributed by atoms with E-state index in [1.165, 1.54) is 25.0 Å². The molecule has 24 heavy (non-hydrogen) atoms. The van der Waals surface area contributed by atoms with Gasteiger partial charge in [0.25, 0.3) is 0 Å². The number of unbranched alkanes of at least 4 members (excludes halogenated alkanes) is 4. The molecule has 0 heterocycles. The topological polar surface area (TPSA) is 46.5 Å². The van der Waals surface area contributed by atoms with Crippen molar-refractivity contribution in [1.82, 2.24) is 0 Å². The summed E-state index contributed by atoms with van der Waals surface area (Å²) < 4.78 is 18.7. The van der Waals surface area contributed by atoms with E-state index >= 15 is 0 Å². The lowest BCUT2D eigenvalue weighted by atomic mass is 10.1. The molecule has 0 spiro atoms. The predicted octanol–water partition coefficient (Wildman–Crippen LogP) is 5.46. The summed E-state index contributed by atoms with van der Waals surface area (Å²) >= 11 is 0. The molecule has 1 N–H and O–H groups in total. The molecule has 2 aromatic carbocycles. The number of ether oxygens (including phenoxy) is 1. The Kier molecular flexibility index (Phi) is 6.79. The van der Waals surface area contributed by atoms with E-state index in [1.807, 2.05) is 0 Å². The smallest absolute Gasteiger partial charge is 0.311 e. The molecule has 3 nitrogen and oxygen atoms in total. The van der Waals surface area contributed by atoms with Gasteiger partial charge in [-0.05, 0) is 41.8 Å². The molecule has 0 radical (unpaired) electrons. The molecular weight excluding hydrogens is 307 g/mol. The number of hydrogen-bond acceptors (Lipinski definition) is 3. The Morgan fingerprint density at radius 3 is 2.33 bits per heavy atom. The minimum Gasteiger partial charge on any atom is -0.505 e. The van der Waals surface area contributed by atoms with Crippen LogP contribution in [0.15, 0.2) is 42.5 Å². The number of esters is 1. The van der Waals surface area contributed by atoms with Crippen molar-refractivity contribution in [2.24, 2.45) is 0 Å². The highest BCUT2D eigenvalue weighted by Gasteiger charge is 2.07. The quantitative estimate of drug-likeness (QED) is 0.397. The molecule has 0 unspecified atom stereocenters. The lowest BCUT2D eigenvalue weighted by Gasteiger charge is -2.07. The van der Waals surface area contributed by atoms with Crippen LogP contribution in [0, 0.1) is 5.82 Å². The molecule has 0 saturated heterocycles. The standard InChI is InChI=1S/C20H23FO3/c1-2-3-4-5-6-7-20(23)24-17-11-8-15(9-12-17)16-10-13-19(22)18(21)14-16/h8-14,22H,2-7H2,1H3. The third kappa shape index (κ3) is 5.37. The summed E-state index contributed by atoms with van der Waals surface area (Å²) in [4.78, 5) is 11.8. The lowest BCUT2D eigenvalue weighted by Crippen LogP contribution is -2.07. The zero-order valence-electron chi connectivity index (χ0n) is 13.9. The third-order valence-corrected chi connectivity index (χ3v) is 3.85. The number of aromatic hydroxyl groups is 1. The highest BCUT2D eigenvalue weighted by atomic mass is 19.1. The summed E-state index contributed by atoms with van der Waals surface area (Å²) in [6.07, 6.45) is 5.87. The number of phenols is 1. The number of rotatable bonds is 8. The summed E-state index contributed by atoms with van der Waals surface area (Å²) in [5.41, 5.74) is 1.44. The molecule has 0 bridgehead atoms. The van der Waals surface area contributed by atoms with Crippen molar-refractivity contribution >= 4 is 5.97 Å². The van der Waals surface area contributed by atoms with Crippen LogP contribution in [0.3, 0.4) is 0 Å². The van der Waals surface area contributed by atoms with Crippen LogP contribution in [0.25, 0.3) is 11.1 Å². The first-order valence-electron chi connectivity index (χ1n) is 8.40. The second-order valence-corrected chi connectivity index (χ2v) is 5.83. The Hall–Kier alpha value is -2.36. The van der Waals surface area contributed by atoms with Gasteiger partial charge >= 0.3 is 5.97 Å². The summed E-state index contributed by atoms with van der Waals surface area (Å²) in [5.74, 6) is -0.777. The average molecular weight is 330 g/mol. The van der Waals surface area contributed by atoms with E-state index in [0.717, 1.165) is 24.8 Å². The van der Waals surface area contributed by atoms with Crippen LogP contribution in [-0.4, -0.2) is 11.1 Å². The molecular formula is C20H23FO3. The zero-order chi connectivity index (χ0) is 17.4. The van der Waals surface area contributed by atoms with Gasteiger partial charge in [0, 0.05) is 6.42 Å². The fourth-order valence-electron chi connectivity index (χ4n) is 2.46. The molecule has 4 heteroatoms. The van der Waals surface area contributed by atoms with Gasteiger partial charge in [0.2, 0.25) is 0 Å². The van der Waals surface area contributed by atoms with Gasteiger partial charge in [0.05, 0.1) is 0 Å². The number of carbonyl (C=O) groups excluding carboxylic acids is 1. The van der Waals surface area contributed by atoms with Crippen molar-refractivity contribution in [1.29, 1.82) is 0 Å². The molecule has 2 aromatic rings. The van der Waals surface area contributed by atoms with Crippen LogP contribution in [0.2, 0.25) is 0 Å². The van der Waals surface area contributed by atoms with Crippen LogP contribution in [0.1, 0.15) is 45.4 Å². The highest BCUT2D eigenvalue weighted by Crippen LogP contribution is 2.26. The van der Waals surface area contributed by atoms with Gasteiger partial charge in [-0.25, -0.2) is 4.39 Å². The van der Waals surface area contributed by atoms with Crippen molar-refractivity contribution in [3.63, 3.8) is 0 Å². The summed E-state index contributed by atoms with van der Waals surface area (Å²) in [6.45, 7) is 2.16. The summed E-state index contributed by atoms with van der Waals surface area (Å²) in [7, 11) is 0. The number of hydrogen-bond donors (Lipinski definition) is 1. The van der Waals surface area contributed by atoms with Crippen LogP contribution in [0.5, 0.6) is 11.5 Å². The van der Waals surface area contributed by atoms with Crippen LogP contribution >= 0.6 is 0 Å². The number of benzene rings is 2. The molecule has 0 atom stereocenters. The highest BCUT2D eigenvalue weighted by molar-refractivity contribution is 5.73. The molecule has 128 valence electrons. The molecule has 0 saturated carbocycles. The van der Waals surface area contributed by atoms with E-state index in [9.17, 15) is 14.3 Å². The number of carbonyl (C=O) groups is 1. The largest absolute Gasteiger partial charge is 0.505 e. The SMILES string of the molecule is CCCCCCCC(=O)Oc1ccc(-c2ccc(O)c(F)c2)cc1. The van der Waals surface area contributed by atoms with Crippen molar-refractivity contribution in [2.75, 3.05) is 0 Å². The Morgan fingerprint density at radius 1 is 1.00 bits per heavy atom. The van der Waals surface area contributed by atoms with Gasteiger partial charge < -0.3 is 9.84 Å². The first-order chi connectivity index (χ1) is 11.6. The molecule has 0 aliphatic heterocycles. The Balaban J connectivity index is 1.87. The minimum atomic E-state index is -0.661. The molecule has 0 amide bonds. The van der Waals surface area contributed by atoms with E-state index in [0.29, 0.717) is 17.7 Å². The van der Waals surface area contributed by atoms with Crippen molar-refractivity contribution < 1.29 is 19.0 Å². The van der Waals surface area contributed by atoms with E-state index in [4.69, 9.17) is 4.74 Å². The van der Waals surface area contributed by atoms with Gasteiger partial charge in [-0.1, -0.05) is 50.8 Å². The van der Waals surface area contributed by atoms with Gasteiger partial charge in [-0.2, -0.15) is 0 Å². The first-order valence-corrected chi connectivity index (χ1v) is 8.40. The fraction of sp³-hybridized carbons (Fsp3) is 0.350. The Labute approximate surface area is 142 Å². The lowest BCUT2D eigenvalue weighted by molar-refractivity contribution is -0.134. The van der Waals surface area contributed by atoms with Gasteiger partial charge in [-0.15, -0.1) is 0 Å². The number of phenolic OH excluding ortho intramolecular Hbond substituents is 1. The van der Waals surface area contributed by atoms with E-state index < -0.39 is 5.82 Å². The monoisotopic (exact) mass is 330 g/mol. The zero-order valence-corrected chi connectivity index (χ0v) is 13.9. The molecule has 0 aliphatic rings. The van der Waals surface area contributed by atoms with E-state index in [-0.39, 0.29) is 11.7 Å². The Morgan fingerprint density at radius 2 is 1.67 bits per heavy atom. The Bertz CT molecular complexity index is 665. The van der Waals surface area contributed by atoms with E-state index in [1.54, 1.807) is 30.3 Å². The van der Waals surface area contributed by atoms with Crippen LogP contribution in [-0.2, 0) is 4.79 Å². The maximum absolute atomic E-state index is 13.4. The second-order valence-electron chi connectivity index (χ2n) is 5.83. The molecule has 2 rings (SSSR count). The van der Waals surface area contributed by atoms with Crippen LogP contribution in [0.4, 0.5) is 4.39 Å². The average Bonchev–Trinajstić information content (AvgIpc) is 2.58. The fourth-order valence-corrected chi connectivity index (χ4v) is 2.46. The van der Waals surface area contributed by atoms with Gasteiger partial charge in [0.1, 0.15) is 5.75 Å². The van der Waals surface area contributed by atoms with E-state index in [2.05, 4.69) is 6.92 Å². The van der Waals surface area contributed by atoms with Gasteiger partial charge in [-0.3, -0.25) is 4.79 Å². The third-order valence-electron chi connectivity index (χ3n) is 3.85. The van der Waals surface area contributed by atoms with Crippen molar-refractivity contribution in [3.8, 4) is 22.6 Å². The minimum absolute atomic E-state index is 0.227. The second kappa shape index (κ2) is 9.06. The summed E-state index contributed by atoms with van der Waals surface area (Å²) in [6, 6.07) is 11.1. The van der Waals surface area contributed by atoms with Crippen molar-refractivity contribution in [2.45, 2.75) is 45.4 Å². The maximum atomic E-state index is 13.4. The van der Waals surface area contributed by atoms with Crippen LogP contribution < -0.4 is 4.74 Å². The van der Waals surface area contributed by atoms with Crippen molar-refractivity contribution in [3.05, 3.63) is 48.3 Å². The number of halogens is 1. The van der Waals surface area contributed by atoms with Gasteiger partial charge in [0.15, 0.2) is 11.6 Å². The summed E-state index contributed by atoms with van der Waals surface area (Å²) in [5, 5.41) is 9.22. The predicted molar refractivity (Wildman–Crippen MR) is 92.5 cm³/mol. The first kappa shape index (κ1) is 18.0.